The predicted octanol–water partition coefficient (Wildman–Crippen LogP) is 3.00. The number of pyridine rings is 1. The van der Waals surface area contributed by atoms with Crippen molar-refractivity contribution in [2.75, 3.05) is 13.1 Å². The zero-order chi connectivity index (χ0) is 16.7. The number of nitrogens with zero attached hydrogens (tertiary/aromatic N) is 4. The maximum atomic E-state index is 12.6. The molecule has 2 aromatic rings. The maximum Gasteiger partial charge on any atom is 0.255 e. The van der Waals surface area contributed by atoms with Crippen molar-refractivity contribution in [3.05, 3.63) is 40.2 Å². The third kappa shape index (κ3) is 2.88. The fourth-order valence-corrected chi connectivity index (χ4v) is 3.70. The zero-order valence-electron chi connectivity index (χ0n) is 13.7. The molecular formula is C17H21N5OS. The fraction of sp³-hybridized carbons (Fsp3) is 0.529. The first-order valence-electron chi connectivity index (χ1n) is 8.52. The van der Waals surface area contributed by atoms with E-state index in [0.717, 1.165) is 42.2 Å². The first-order valence-corrected chi connectivity index (χ1v) is 8.93. The third-order valence-electron chi connectivity index (χ3n) is 4.95. The summed E-state index contributed by atoms with van der Waals surface area (Å²) in [6, 6.07) is 4.27. The number of nitrogens with one attached hydrogen (secondary N) is 1. The summed E-state index contributed by atoms with van der Waals surface area (Å²) in [5, 5.41) is 7.42. The van der Waals surface area contributed by atoms with Gasteiger partial charge in [0.1, 0.15) is 5.82 Å². The van der Waals surface area contributed by atoms with Crippen LogP contribution in [0.15, 0.2) is 18.3 Å². The van der Waals surface area contributed by atoms with Crippen LogP contribution in [0.25, 0.3) is 0 Å². The molecule has 2 fully saturated rings. The number of aryl methyl sites for hydroxylation is 1. The highest BCUT2D eigenvalue weighted by Gasteiger charge is 2.32. The maximum absolute atomic E-state index is 12.6. The van der Waals surface area contributed by atoms with E-state index < -0.39 is 0 Å². The van der Waals surface area contributed by atoms with E-state index in [4.69, 9.17) is 12.2 Å². The van der Waals surface area contributed by atoms with E-state index >= 15 is 0 Å². The SMILES string of the molecule is Cc1ccc(C(=O)N2CCC(c3n[nH]c(=S)n3C3CC3)CC2)cn1. The second-order valence-corrected chi connectivity index (χ2v) is 7.13. The molecule has 0 bridgehead atoms. The summed E-state index contributed by atoms with van der Waals surface area (Å²) in [6.45, 7) is 3.43. The number of piperidine rings is 1. The van der Waals surface area contributed by atoms with Gasteiger partial charge in [-0.15, -0.1) is 0 Å². The van der Waals surface area contributed by atoms with E-state index in [-0.39, 0.29) is 5.91 Å². The molecule has 126 valence electrons. The number of likely N-dealkylation sites (tertiary alicyclic amines) is 1. The van der Waals surface area contributed by atoms with Crippen LogP contribution in [0.2, 0.25) is 0 Å². The molecule has 0 spiro atoms. The van der Waals surface area contributed by atoms with E-state index in [1.54, 1.807) is 6.20 Å². The Labute approximate surface area is 145 Å². The number of aromatic amines is 1. The highest BCUT2D eigenvalue weighted by Crippen LogP contribution is 2.39. The van der Waals surface area contributed by atoms with Crippen LogP contribution in [0, 0.1) is 11.7 Å². The lowest BCUT2D eigenvalue weighted by Gasteiger charge is -2.31. The second kappa shape index (κ2) is 6.12. The van der Waals surface area contributed by atoms with Gasteiger partial charge in [-0.3, -0.25) is 14.9 Å². The number of carbonyl (C=O) groups is 1. The van der Waals surface area contributed by atoms with Crippen LogP contribution in [0.3, 0.4) is 0 Å². The van der Waals surface area contributed by atoms with Crippen LogP contribution < -0.4 is 0 Å². The Morgan fingerprint density at radius 1 is 1.25 bits per heavy atom. The summed E-state index contributed by atoms with van der Waals surface area (Å²) in [5.74, 6) is 1.52. The highest BCUT2D eigenvalue weighted by atomic mass is 32.1. The summed E-state index contributed by atoms with van der Waals surface area (Å²) in [7, 11) is 0. The average molecular weight is 343 g/mol. The number of hydrogen-bond donors (Lipinski definition) is 1. The Bertz CT molecular complexity index is 797. The van der Waals surface area contributed by atoms with E-state index in [2.05, 4.69) is 19.7 Å². The molecule has 2 aliphatic rings. The smallest absolute Gasteiger partial charge is 0.255 e. The van der Waals surface area contributed by atoms with Gasteiger partial charge < -0.3 is 9.47 Å². The lowest BCUT2D eigenvalue weighted by molar-refractivity contribution is 0.0709. The molecule has 0 unspecified atom stereocenters. The number of aromatic nitrogens is 4. The molecule has 1 saturated heterocycles. The van der Waals surface area contributed by atoms with Gasteiger partial charge in [0.2, 0.25) is 0 Å². The van der Waals surface area contributed by atoms with Crippen molar-refractivity contribution >= 4 is 18.1 Å². The Morgan fingerprint density at radius 2 is 2.00 bits per heavy atom. The zero-order valence-corrected chi connectivity index (χ0v) is 14.6. The molecule has 7 heteroatoms. The van der Waals surface area contributed by atoms with E-state index in [1.807, 2.05) is 24.0 Å². The van der Waals surface area contributed by atoms with Crippen LogP contribution in [0.1, 0.15) is 59.5 Å². The van der Waals surface area contributed by atoms with Crippen LogP contribution in [0.5, 0.6) is 0 Å². The molecule has 1 amide bonds. The van der Waals surface area contributed by atoms with E-state index in [9.17, 15) is 4.79 Å². The third-order valence-corrected chi connectivity index (χ3v) is 5.24. The predicted molar refractivity (Wildman–Crippen MR) is 92.5 cm³/mol. The van der Waals surface area contributed by atoms with Crippen molar-refractivity contribution in [1.82, 2.24) is 24.6 Å². The quantitative estimate of drug-likeness (QED) is 0.870. The van der Waals surface area contributed by atoms with Gasteiger partial charge in [-0.2, -0.15) is 5.10 Å². The Balaban J connectivity index is 1.44. The topological polar surface area (TPSA) is 66.8 Å². The van der Waals surface area contributed by atoms with Crippen LogP contribution in [0.4, 0.5) is 0 Å². The molecule has 4 rings (SSSR count). The number of hydrogen-bond acceptors (Lipinski definition) is 4. The van der Waals surface area contributed by atoms with Crippen molar-refractivity contribution in [3.8, 4) is 0 Å². The van der Waals surface area contributed by atoms with Gasteiger partial charge in [-0.1, -0.05) is 0 Å². The van der Waals surface area contributed by atoms with E-state index in [1.165, 1.54) is 12.8 Å². The van der Waals surface area contributed by atoms with Gasteiger partial charge in [-0.05, 0) is 57.0 Å². The minimum Gasteiger partial charge on any atom is -0.339 e. The fourth-order valence-electron chi connectivity index (χ4n) is 3.41. The molecule has 1 aliphatic heterocycles. The van der Waals surface area contributed by atoms with Crippen LogP contribution in [-0.4, -0.2) is 43.6 Å². The van der Waals surface area contributed by atoms with Crippen molar-refractivity contribution in [2.45, 2.75) is 44.6 Å². The van der Waals surface area contributed by atoms with Crippen molar-refractivity contribution < 1.29 is 4.79 Å². The van der Waals surface area contributed by atoms with Gasteiger partial charge in [-0.25, -0.2) is 0 Å². The highest BCUT2D eigenvalue weighted by molar-refractivity contribution is 7.71. The number of rotatable bonds is 3. The Kier molecular flexibility index (Phi) is 3.96. The summed E-state index contributed by atoms with van der Waals surface area (Å²) >= 11 is 5.37. The molecule has 3 heterocycles. The Hall–Kier alpha value is -2.02. The molecule has 2 aromatic heterocycles. The summed E-state index contributed by atoms with van der Waals surface area (Å²) in [5.41, 5.74) is 1.59. The number of H-pyrrole nitrogens is 1. The summed E-state index contributed by atoms with van der Waals surface area (Å²) < 4.78 is 2.93. The van der Waals surface area contributed by atoms with Gasteiger partial charge in [0, 0.05) is 36.9 Å². The van der Waals surface area contributed by atoms with Gasteiger partial charge >= 0.3 is 0 Å². The van der Waals surface area contributed by atoms with Gasteiger partial charge in [0.05, 0.1) is 5.56 Å². The van der Waals surface area contributed by atoms with Gasteiger partial charge in [0.25, 0.3) is 5.91 Å². The van der Waals surface area contributed by atoms with Crippen molar-refractivity contribution in [1.29, 1.82) is 0 Å². The average Bonchev–Trinajstić information content (AvgIpc) is 3.37. The van der Waals surface area contributed by atoms with Crippen LogP contribution in [-0.2, 0) is 0 Å². The summed E-state index contributed by atoms with van der Waals surface area (Å²) in [6.07, 6.45) is 5.91. The molecule has 24 heavy (non-hydrogen) atoms. The molecule has 1 aliphatic carbocycles. The molecule has 6 nitrogen and oxygen atoms in total. The lowest BCUT2D eigenvalue weighted by atomic mass is 9.95. The number of carbonyl (C=O) groups excluding carboxylic acids is 1. The molecular weight excluding hydrogens is 322 g/mol. The van der Waals surface area contributed by atoms with Gasteiger partial charge in [0.15, 0.2) is 4.77 Å². The van der Waals surface area contributed by atoms with Crippen molar-refractivity contribution in [2.24, 2.45) is 0 Å². The molecule has 0 radical (unpaired) electrons. The standard InChI is InChI=1S/C17H21N5OS/c1-11-2-3-13(10-18-11)16(23)21-8-6-12(7-9-21)15-19-20-17(24)22(15)14-4-5-14/h2-3,10,12,14H,4-9H2,1H3,(H,20,24). The monoisotopic (exact) mass is 343 g/mol. The normalized spacial score (nSPS) is 18.8. The lowest BCUT2D eigenvalue weighted by Crippen LogP contribution is -2.38. The van der Waals surface area contributed by atoms with Crippen LogP contribution >= 0.6 is 12.2 Å². The molecule has 0 atom stereocenters. The molecule has 1 saturated carbocycles. The van der Waals surface area contributed by atoms with E-state index in [0.29, 0.717) is 17.5 Å². The molecule has 0 aromatic carbocycles. The summed E-state index contributed by atoms with van der Waals surface area (Å²) in [4.78, 5) is 18.7. The largest absolute Gasteiger partial charge is 0.339 e. The number of amides is 1. The van der Waals surface area contributed by atoms with Crippen molar-refractivity contribution in [3.63, 3.8) is 0 Å². The Morgan fingerprint density at radius 3 is 2.62 bits per heavy atom. The molecule has 1 N–H and O–H groups in total. The minimum absolute atomic E-state index is 0.0713. The first-order chi connectivity index (χ1) is 11.6. The minimum atomic E-state index is 0.0713. The first kappa shape index (κ1) is 15.5. The second-order valence-electron chi connectivity index (χ2n) is 6.74.